The van der Waals surface area contributed by atoms with Crippen LogP contribution in [0.4, 0.5) is 0 Å². The van der Waals surface area contributed by atoms with Gasteiger partial charge in [-0.1, -0.05) is 50.3 Å². The number of hydrogen-bond donors (Lipinski definition) is 0. The van der Waals surface area contributed by atoms with Crippen LogP contribution >= 0.6 is 0 Å². The van der Waals surface area contributed by atoms with Crippen LogP contribution in [-0.4, -0.2) is 0 Å². The van der Waals surface area contributed by atoms with Gasteiger partial charge in [0.05, 0.1) is 0 Å². The summed E-state index contributed by atoms with van der Waals surface area (Å²) in [5.41, 5.74) is 7.84. The molecule has 0 saturated heterocycles. The lowest BCUT2D eigenvalue weighted by Crippen LogP contribution is -1.90. The van der Waals surface area contributed by atoms with E-state index in [1.165, 1.54) is 33.4 Å². The molecule has 0 aliphatic rings. The zero-order chi connectivity index (χ0) is 18.3. The minimum Gasteiger partial charge on any atom is -0.106 e. The van der Waals surface area contributed by atoms with Crippen LogP contribution < -0.4 is 0 Å². The van der Waals surface area contributed by atoms with E-state index < -0.39 is 0 Å². The fourth-order valence-electron chi connectivity index (χ4n) is 1.54. The van der Waals surface area contributed by atoms with Gasteiger partial charge in [-0.15, -0.1) is 19.7 Å². The molecule has 0 radical (unpaired) electrons. The third kappa shape index (κ3) is 12.0. The monoisotopic (exact) mass is 300 g/mol. The SMILES string of the molecule is C=C.C=C(C)C.C=C/C=C(\C)c1cc(C)c(C)c(C)c1.CC. The lowest BCUT2D eigenvalue weighted by atomic mass is 9.97. The normalized spacial score (nSPS) is 9.00. The highest BCUT2D eigenvalue weighted by molar-refractivity contribution is 5.66. The minimum atomic E-state index is 1.17. The molecule has 0 amide bonds. The highest BCUT2D eigenvalue weighted by atomic mass is 14.1. The Bertz CT molecular complexity index is 446. The summed E-state index contributed by atoms with van der Waals surface area (Å²) < 4.78 is 0. The van der Waals surface area contributed by atoms with Gasteiger partial charge in [0.2, 0.25) is 0 Å². The number of benzene rings is 1. The Morgan fingerprint density at radius 1 is 0.909 bits per heavy atom. The molecular formula is C22H36. The molecule has 0 aliphatic heterocycles. The number of allylic oxidation sites excluding steroid dienone is 4. The first-order chi connectivity index (χ1) is 10.3. The highest BCUT2D eigenvalue weighted by Crippen LogP contribution is 2.21. The first-order valence-electron chi connectivity index (χ1n) is 7.79. The Kier molecular flexibility index (Phi) is 17.8. The molecule has 0 heteroatoms. The molecule has 1 aromatic carbocycles. The maximum atomic E-state index is 3.71. The Hall–Kier alpha value is -1.82. The summed E-state index contributed by atoms with van der Waals surface area (Å²) in [6.45, 7) is 29.8. The van der Waals surface area contributed by atoms with Gasteiger partial charge in [-0.3, -0.25) is 0 Å². The van der Waals surface area contributed by atoms with Gasteiger partial charge >= 0.3 is 0 Å². The first-order valence-corrected chi connectivity index (χ1v) is 7.79. The Morgan fingerprint density at radius 2 is 1.23 bits per heavy atom. The van der Waals surface area contributed by atoms with Crippen molar-refractivity contribution in [3.8, 4) is 0 Å². The minimum absolute atomic E-state index is 1.17. The summed E-state index contributed by atoms with van der Waals surface area (Å²) in [7, 11) is 0. The Morgan fingerprint density at radius 3 is 1.50 bits per heavy atom. The number of hydrogen-bond acceptors (Lipinski definition) is 0. The molecule has 0 atom stereocenters. The summed E-state index contributed by atoms with van der Waals surface area (Å²) >= 11 is 0. The molecule has 22 heavy (non-hydrogen) atoms. The van der Waals surface area contributed by atoms with Crippen molar-refractivity contribution in [2.75, 3.05) is 0 Å². The quantitative estimate of drug-likeness (QED) is 0.389. The molecule has 124 valence electrons. The molecule has 0 heterocycles. The van der Waals surface area contributed by atoms with Crippen LogP contribution in [0.15, 0.2) is 56.2 Å². The van der Waals surface area contributed by atoms with Crippen LogP contribution in [0.2, 0.25) is 0 Å². The van der Waals surface area contributed by atoms with E-state index in [1.807, 2.05) is 39.8 Å². The topological polar surface area (TPSA) is 0 Å². The second-order valence-corrected chi connectivity index (χ2v) is 5.03. The lowest BCUT2D eigenvalue weighted by molar-refractivity contribution is 1.25. The predicted octanol–water partition coefficient (Wildman–Crippen LogP) is 7.61. The molecule has 0 bridgehead atoms. The van der Waals surface area contributed by atoms with Gasteiger partial charge in [-0.25, -0.2) is 0 Å². The molecule has 1 rings (SSSR count). The van der Waals surface area contributed by atoms with Gasteiger partial charge in [-0.05, 0) is 69.4 Å². The zero-order valence-corrected chi connectivity index (χ0v) is 16.1. The molecule has 0 N–H and O–H groups in total. The fourth-order valence-corrected chi connectivity index (χ4v) is 1.54. The van der Waals surface area contributed by atoms with E-state index in [-0.39, 0.29) is 0 Å². The average molecular weight is 301 g/mol. The molecule has 0 saturated carbocycles. The van der Waals surface area contributed by atoms with E-state index in [1.54, 1.807) is 0 Å². The van der Waals surface area contributed by atoms with Gasteiger partial charge in [0.1, 0.15) is 0 Å². The average Bonchev–Trinajstić information content (AvgIpc) is 2.48. The van der Waals surface area contributed by atoms with E-state index in [0.29, 0.717) is 0 Å². The number of aryl methyl sites for hydroxylation is 2. The Balaban J connectivity index is -0.000000383. The van der Waals surface area contributed by atoms with Crippen LogP contribution in [0, 0.1) is 20.8 Å². The van der Waals surface area contributed by atoms with Crippen molar-refractivity contribution < 1.29 is 0 Å². The van der Waals surface area contributed by atoms with Gasteiger partial charge in [0, 0.05) is 0 Å². The van der Waals surface area contributed by atoms with E-state index in [4.69, 9.17) is 0 Å². The summed E-state index contributed by atoms with van der Waals surface area (Å²) in [5, 5.41) is 0. The molecule has 0 aliphatic carbocycles. The Labute approximate surface area is 140 Å². The summed E-state index contributed by atoms with van der Waals surface area (Å²) in [5.74, 6) is 0. The van der Waals surface area contributed by atoms with E-state index in [2.05, 4.69) is 66.1 Å². The van der Waals surface area contributed by atoms with Gasteiger partial charge < -0.3 is 0 Å². The standard InChI is InChI=1S/C14H18.C4H8.C2H6.C2H4/c1-6-7-10(2)14-8-11(3)13(5)12(4)9-14;1-4(2)3;2*1-2/h6-9H,1H2,2-5H3;1H2,2-3H3;1-2H3;1-2H2/b10-7+;;;. The third-order valence-electron chi connectivity index (χ3n) is 2.75. The zero-order valence-electron chi connectivity index (χ0n) is 16.1. The summed E-state index contributed by atoms with van der Waals surface area (Å²) in [4.78, 5) is 0. The van der Waals surface area contributed by atoms with E-state index >= 15 is 0 Å². The smallest absolute Gasteiger partial charge is 0.0222 e. The van der Waals surface area contributed by atoms with Gasteiger partial charge in [0.25, 0.3) is 0 Å². The van der Waals surface area contributed by atoms with Crippen molar-refractivity contribution in [3.05, 3.63) is 78.4 Å². The predicted molar refractivity (Wildman–Crippen MR) is 108 cm³/mol. The van der Waals surface area contributed by atoms with Gasteiger partial charge in [0.15, 0.2) is 0 Å². The van der Waals surface area contributed by atoms with Crippen molar-refractivity contribution in [1.29, 1.82) is 0 Å². The molecule has 0 fully saturated rings. The van der Waals surface area contributed by atoms with Crippen molar-refractivity contribution in [3.63, 3.8) is 0 Å². The highest BCUT2D eigenvalue weighted by Gasteiger charge is 2.01. The fraction of sp³-hybridized carbons (Fsp3) is 0.364. The number of rotatable bonds is 2. The lowest BCUT2D eigenvalue weighted by Gasteiger charge is -2.09. The van der Waals surface area contributed by atoms with E-state index in [0.717, 1.165) is 0 Å². The first kappa shape index (κ1) is 25.2. The summed E-state index contributed by atoms with van der Waals surface area (Å²) in [6, 6.07) is 4.47. The van der Waals surface area contributed by atoms with Crippen LogP contribution in [-0.2, 0) is 0 Å². The van der Waals surface area contributed by atoms with Crippen molar-refractivity contribution in [2.45, 2.75) is 55.4 Å². The second-order valence-electron chi connectivity index (χ2n) is 5.03. The largest absolute Gasteiger partial charge is 0.106 e. The van der Waals surface area contributed by atoms with Crippen molar-refractivity contribution in [2.24, 2.45) is 0 Å². The van der Waals surface area contributed by atoms with Crippen LogP contribution in [0.25, 0.3) is 5.57 Å². The van der Waals surface area contributed by atoms with Crippen molar-refractivity contribution >= 4 is 5.57 Å². The summed E-state index contributed by atoms with van der Waals surface area (Å²) in [6.07, 6.45) is 3.88. The molecule has 0 nitrogen and oxygen atoms in total. The second kappa shape index (κ2) is 15.6. The third-order valence-corrected chi connectivity index (χ3v) is 2.75. The van der Waals surface area contributed by atoms with Gasteiger partial charge in [-0.2, -0.15) is 0 Å². The molecule has 0 spiro atoms. The van der Waals surface area contributed by atoms with E-state index in [9.17, 15) is 0 Å². The maximum absolute atomic E-state index is 3.71. The maximum Gasteiger partial charge on any atom is -0.0222 e. The molecule has 0 unspecified atom stereocenters. The molecule has 1 aromatic rings. The van der Waals surface area contributed by atoms with Crippen LogP contribution in [0.5, 0.6) is 0 Å². The van der Waals surface area contributed by atoms with Crippen LogP contribution in [0.1, 0.15) is 56.9 Å². The van der Waals surface area contributed by atoms with Crippen LogP contribution in [0.3, 0.4) is 0 Å². The molecular weight excluding hydrogens is 264 g/mol. The van der Waals surface area contributed by atoms with Crippen molar-refractivity contribution in [1.82, 2.24) is 0 Å². The molecule has 0 aromatic heterocycles.